The van der Waals surface area contributed by atoms with Crippen molar-refractivity contribution in [3.05, 3.63) is 21.5 Å². The van der Waals surface area contributed by atoms with E-state index in [2.05, 4.69) is 54.3 Å². The van der Waals surface area contributed by atoms with Crippen LogP contribution in [0.25, 0.3) is 0 Å². The fourth-order valence-electron chi connectivity index (χ4n) is 0.570. The molecule has 1 unspecified atom stereocenters. The molecule has 1 N–H and O–H groups in total. The molecule has 0 aliphatic rings. The molecule has 9 heteroatoms. The summed E-state index contributed by atoms with van der Waals surface area (Å²) in [6, 6.07) is -0.316. The monoisotopic (exact) mass is 457 g/mol. The molecule has 29 heavy (non-hydrogen) atoms. The zero-order valence-electron chi connectivity index (χ0n) is 19.9. The Labute approximate surface area is 187 Å². The molecule has 174 valence electrons. The number of oxime groups is 1. The average molecular weight is 458 g/mol. The largest absolute Gasteiger partial charge is 0.411 e. The van der Waals surface area contributed by atoms with Gasteiger partial charge in [0.25, 0.3) is 0 Å². The van der Waals surface area contributed by atoms with Crippen LogP contribution in [-0.4, -0.2) is 33.3 Å². The van der Waals surface area contributed by atoms with Crippen LogP contribution in [0.2, 0.25) is 0 Å². The highest BCUT2D eigenvalue weighted by Gasteiger charge is 2.22. The summed E-state index contributed by atoms with van der Waals surface area (Å²) in [6.45, 7) is 21.2. The predicted molar refractivity (Wildman–Crippen MR) is 126 cm³/mol. The lowest BCUT2D eigenvalue weighted by Gasteiger charge is -2.16. The molecule has 0 aromatic heterocycles. The molecule has 0 rings (SSSR count). The first-order valence-electron chi connectivity index (χ1n) is 9.44. The number of hydrogen-bond acceptors (Lipinski definition) is 7. The lowest BCUT2D eigenvalue weighted by molar-refractivity contribution is 0.128. The van der Waals surface area contributed by atoms with Gasteiger partial charge in [-0.15, -0.1) is 28.1 Å². The van der Waals surface area contributed by atoms with Crippen LogP contribution >= 0.6 is 23.2 Å². The van der Waals surface area contributed by atoms with Crippen LogP contribution in [0.4, 0.5) is 0 Å². The first kappa shape index (κ1) is 35.2. The predicted octanol–water partition coefficient (Wildman–Crippen LogP) is 7.72. The Morgan fingerprint density at radius 1 is 1.07 bits per heavy atom. The second-order valence-corrected chi connectivity index (χ2v) is 9.88. The van der Waals surface area contributed by atoms with Crippen molar-refractivity contribution < 1.29 is 10.0 Å². The summed E-state index contributed by atoms with van der Waals surface area (Å²) in [5, 5.41) is 16.2. The molecule has 7 nitrogen and oxygen atoms in total. The van der Waals surface area contributed by atoms with Gasteiger partial charge in [0, 0.05) is 0 Å². The third-order valence-electron chi connectivity index (χ3n) is 3.58. The zero-order chi connectivity index (χ0) is 24.3. The maximum absolute atomic E-state index is 9.82. The van der Waals surface area contributed by atoms with Gasteiger partial charge in [0.2, 0.25) is 0 Å². The lowest BCUT2D eigenvalue weighted by Crippen LogP contribution is -2.24. The van der Waals surface area contributed by atoms with Gasteiger partial charge in [0.05, 0.1) is 15.5 Å². The van der Waals surface area contributed by atoms with Crippen LogP contribution in [0.5, 0.6) is 0 Å². The van der Waals surface area contributed by atoms with Crippen LogP contribution in [0.3, 0.4) is 0 Å². The molecule has 0 radical (unpaired) electrons. The molecule has 0 aliphatic carbocycles. The van der Waals surface area contributed by atoms with Crippen molar-refractivity contribution in [1.82, 2.24) is 0 Å². The maximum atomic E-state index is 9.82. The number of halogens is 2. The first-order chi connectivity index (χ1) is 13.0. The Morgan fingerprint density at radius 3 is 1.59 bits per heavy atom. The summed E-state index contributed by atoms with van der Waals surface area (Å²) in [5.41, 5.74) is 1.91. The van der Waals surface area contributed by atoms with E-state index in [0.717, 1.165) is 6.42 Å². The highest BCUT2D eigenvalue weighted by atomic mass is 35.5. The standard InChI is InChI=1S/2C5H10ClNO.C5H11NO2.C5H10/c2*1-4(7-8)5(2,3)6;1-5(2)3-4-8-6-7;1-4-5(2)3/h8H,1-3H3;4H,1-3H3;5H,3-4H2,1-2H3;4H,1-3H3/b7-4+;;;. The Kier molecular flexibility index (Phi) is 24.4. The molecule has 0 bridgehead atoms. The van der Waals surface area contributed by atoms with Crippen LogP contribution in [-0.2, 0) is 4.84 Å². The molecule has 0 fully saturated rings. The maximum Gasteiger partial charge on any atom is 0.155 e. The Bertz CT molecular complexity index is 465. The van der Waals surface area contributed by atoms with Gasteiger partial charge in [-0.3, -0.25) is 0 Å². The summed E-state index contributed by atoms with van der Waals surface area (Å²) in [6.07, 6.45) is 2.98. The van der Waals surface area contributed by atoms with Crippen molar-refractivity contribution in [3.8, 4) is 0 Å². The average Bonchev–Trinajstić information content (AvgIpc) is 2.60. The van der Waals surface area contributed by atoms with Gasteiger partial charge in [-0.2, -0.15) is 4.91 Å². The quantitative estimate of drug-likeness (QED) is 0.0802. The molecule has 0 aliphatic heterocycles. The highest BCUT2D eigenvalue weighted by molar-refractivity contribution is 6.35. The van der Waals surface area contributed by atoms with Crippen LogP contribution in [0.1, 0.15) is 82.6 Å². The van der Waals surface area contributed by atoms with Gasteiger partial charge in [0.1, 0.15) is 12.6 Å². The van der Waals surface area contributed by atoms with Crippen LogP contribution < -0.4 is 0 Å². The molecule has 0 heterocycles. The van der Waals surface area contributed by atoms with Crippen molar-refractivity contribution in [2.45, 2.75) is 98.4 Å². The van der Waals surface area contributed by atoms with E-state index in [4.69, 9.17) is 28.4 Å². The third kappa shape index (κ3) is 34.7. The van der Waals surface area contributed by atoms with E-state index in [1.807, 2.05) is 6.92 Å². The summed E-state index contributed by atoms with van der Waals surface area (Å²) >= 11 is 11.4. The Balaban J connectivity index is -0.000000146. The minimum Gasteiger partial charge on any atom is -0.411 e. The zero-order valence-corrected chi connectivity index (χ0v) is 21.4. The van der Waals surface area contributed by atoms with E-state index in [9.17, 15) is 9.81 Å². The Morgan fingerprint density at radius 2 is 1.48 bits per heavy atom. The fraction of sp³-hybridized carbons (Fsp3) is 0.850. The van der Waals surface area contributed by atoms with Gasteiger partial charge >= 0.3 is 0 Å². The number of rotatable bonds is 7. The van der Waals surface area contributed by atoms with Crippen molar-refractivity contribution >= 4 is 28.9 Å². The van der Waals surface area contributed by atoms with Gasteiger partial charge in [-0.1, -0.05) is 35.8 Å². The van der Waals surface area contributed by atoms with E-state index in [0.29, 0.717) is 18.2 Å². The SMILES string of the molecule is C/C(=N\O)C(C)(C)Cl.CC(C)CCON=O.CC(N=O)C(C)(C)Cl.CC=C(C)C. The van der Waals surface area contributed by atoms with E-state index < -0.39 is 9.75 Å². The van der Waals surface area contributed by atoms with Crippen LogP contribution in [0, 0.1) is 15.7 Å². The number of nitrogens with zero attached hydrogens (tertiary/aromatic N) is 3. The highest BCUT2D eigenvalue weighted by Crippen LogP contribution is 2.19. The summed E-state index contributed by atoms with van der Waals surface area (Å²) < 4.78 is 0. The summed E-state index contributed by atoms with van der Waals surface area (Å²) in [4.78, 5) is 22.3. The molecular weight excluding hydrogens is 417 g/mol. The molecule has 0 amide bonds. The molecule has 0 aromatic rings. The lowest BCUT2D eigenvalue weighted by atomic mass is 10.1. The number of hydrogen-bond donors (Lipinski definition) is 1. The van der Waals surface area contributed by atoms with Crippen molar-refractivity contribution in [2.24, 2.45) is 21.6 Å². The first-order valence-corrected chi connectivity index (χ1v) is 10.2. The van der Waals surface area contributed by atoms with E-state index in [1.165, 1.54) is 5.57 Å². The number of allylic oxidation sites excluding steroid dienone is 2. The molecule has 0 saturated heterocycles. The van der Waals surface area contributed by atoms with E-state index in [-0.39, 0.29) is 6.04 Å². The van der Waals surface area contributed by atoms with Gasteiger partial charge in [-0.25, -0.2) is 0 Å². The molecule has 1 atom stereocenters. The normalized spacial score (nSPS) is 12.0. The minimum atomic E-state index is -0.519. The molecule has 0 aromatic carbocycles. The fourth-order valence-corrected chi connectivity index (χ4v) is 0.648. The van der Waals surface area contributed by atoms with Crippen molar-refractivity contribution in [3.63, 3.8) is 0 Å². The topological polar surface area (TPSA) is 101 Å². The van der Waals surface area contributed by atoms with Crippen LogP contribution in [0.15, 0.2) is 27.3 Å². The third-order valence-corrected chi connectivity index (χ3v) is 4.17. The van der Waals surface area contributed by atoms with Gasteiger partial charge in [0.15, 0.2) is 5.34 Å². The summed E-state index contributed by atoms with van der Waals surface area (Å²) in [5.74, 6) is 0.580. The molecular formula is C20H41Cl2N3O4. The molecule has 0 spiro atoms. The summed E-state index contributed by atoms with van der Waals surface area (Å²) in [7, 11) is 0. The van der Waals surface area contributed by atoms with Gasteiger partial charge < -0.3 is 10.0 Å². The van der Waals surface area contributed by atoms with Gasteiger partial charge in [-0.05, 0) is 74.7 Å². The minimum absolute atomic E-state index is 0.316. The Hall–Kier alpha value is -1.21. The van der Waals surface area contributed by atoms with E-state index >= 15 is 0 Å². The number of nitroso groups, excluding NO2 is 1. The second kappa shape index (κ2) is 20.1. The second-order valence-electron chi connectivity index (χ2n) is 7.96. The van der Waals surface area contributed by atoms with Crippen molar-refractivity contribution in [2.75, 3.05) is 6.61 Å². The van der Waals surface area contributed by atoms with E-state index in [1.54, 1.807) is 41.5 Å². The smallest absolute Gasteiger partial charge is 0.155 e. The molecule has 0 saturated carbocycles. The number of alkyl halides is 2. The van der Waals surface area contributed by atoms with Crippen molar-refractivity contribution in [1.29, 1.82) is 0 Å².